The van der Waals surface area contributed by atoms with Crippen molar-refractivity contribution in [2.24, 2.45) is 0 Å². The van der Waals surface area contributed by atoms with Gasteiger partial charge < -0.3 is 9.84 Å². The highest BCUT2D eigenvalue weighted by atomic mass is 35.5. The molecular weight excluding hydrogens is 274 g/mol. The Morgan fingerprint density at radius 2 is 1.80 bits per heavy atom. The number of aromatic nitrogens is 2. The van der Waals surface area contributed by atoms with Crippen LogP contribution in [0.5, 0.6) is 0 Å². The molecule has 0 radical (unpaired) electrons. The molecule has 1 N–H and O–H groups in total. The summed E-state index contributed by atoms with van der Waals surface area (Å²) in [5.41, 5.74) is 2.66. The summed E-state index contributed by atoms with van der Waals surface area (Å²) in [7, 11) is 1.87. The number of benzene rings is 2. The monoisotopic (exact) mass is 285 g/mol. The van der Waals surface area contributed by atoms with Crippen molar-refractivity contribution in [1.82, 2.24) is 10.1 Å². The van der Waals surface area contributed by atoms with E-state index in [0.29, 0.717) is 16.7 Å². The third-order valence-electron chi connectivity index (χ3n) is 2.96. The highest BCUT2D eigenvalue weighted by molar-refractivity contribution is 6.33. The Balaban J connectivity index is 1.95. The first-order valence-corrected chi connectivity index (χ1v) is 6.52. The Bertz CT molecular complexity index is 722. The third kappa shape index (κ3) is 2.38. The zero-order valence-electron chi connectivity index (χ0n) is 10.8. The molecule has 0 aliphatic rings. The van der Waals surface area contributed by atoms with E-state index < -0.39 is 0 Å². The minimum absolute atomic E-state index is 0.475. The van der Waals surface area contributed by atoms with Gasteiger partial charge in [0.1, 0.15) is 0 Å². The Morgan fingerprint density at radius 1 is 1.05 bits per heavy atom. The number of halogens is 1. The summed E-state index contributed by atoms with van der Waals surface area (Å²) in [6.45, 7) is 0. The molecule has 0 aliphatic carbocycles. The second kappa shape index (κ2) is 5.35. The van der Waals surface area contributed by atoms with Gasteiger partial charge in [0.05, 0.1) is 5.02 Å². The lowest BCUT2D eigenvalue weighted by Gasteiger charge is -1.99. The van der Waals surface area contributed by atoms with Crippen molar-refractivity contribution in [2.75, 3.05) is 12.4 Å². The zero-order valence-corrected chi connectivity index (χ0v) is 11.6. The van der Waals surface area contributed by atoms with E-state index in [0.717, 1.165) is 16.8 Å². The maximum Gasteiger partial charge on any atom is 0.258 e. The van der Waals surface area contributed by atoms with Gasteiger partial charge in [0.25, 0.3) is 5.89 Å². The fourth-order valence-electron chi connectivity index (χ4n) is 1.87. The minimum Gasteiger partial charge on any atom is -0.388 e. The van der Waals surface area contributed by atoms with Crippen LogP contribution in [0.25, 0.3) is 22.8 Å². The van der Waals surface area contributed by atoms with E-state index in [2.05, 4.69) is 15.5 Å². The van der Waals surface area contributed by atoms with Crippen LogP contribution in [0.3, 0.4) is 0 Å². The molecule has 0 atom stereocenters. The largest absolute Gasteiger partial charge is 0.388 e. The van der Waals surface area contributed by atoms with Crippen molar-refractivity contribution in [3.8, 4) is 22.8 Å². The molecule has 100 valence electrons. The Morgan fingerprint density at radius 3 is 2.50 bits per heavy atom. The molecule has 0 amide bonds. The van der Waals surface area contributed by atoms with E-state index in [4.69, 9.17) is 16.1 Å². The molecular formula is C15H12ClN3O. The minimum atomic E-state index is 0.475. The standard InChI is InChI=1S/C15H12ClN3O/c1-17-11-8-6-10(7-9-11)15-18-14(19-20-15)12-4-2-3-5-13(12)16/h2-9,17H,1H3. The van der Waals surface area contributed by atoms with Gasteiger partial charge in [-0.1, -0.05) is 28.9 Å². The molecule has 4 nitrogen and oxygen atoms in total. The van der Waals surface area contributed by atoms with Crippen LogP contribution < -0.4 is 5.32 Å². The second-order valence-corrected chi connectivity index (χ2v) is 4.64. The quantitative estimate of drug-likeness (QED) is 0.787. The van der Waals surface area contributed by atoms with Crippen LogP contribution in [0.1, 0.15) is 0 Å². The fraction of sp³-hybridized carbons (Fsp3) is 0.0667. The molecule has 0 saturated heterocycles. The van der Waals surface area contributed by atoms with Crippen LogP contribution in [0.15, 0.2) is 53.1 Å². The van der Waals surface area contributed by atoms with Crippen LogP contribution >= 0.6 is 11.6 Å². The van der Waals surface area contributed by atoms with E-state index in [9.17, 15) is 0 Å². The first-order valence-electron chi connectivity index (χ1n) is 6.15. The molecule has 0 bridgehead atoms. The Kier molecular flexibility index (Phi) is 3.39. The van der Waals surface area contributed by atoms with Gasteiger partial charge >= 0.3 is 0 Å². The maximum absolute atomic E-state index is 6.12. The summed E-state index contributed by atoms with van der Waals surface area (Å²) in [5, 5.41) is 7.64. The molecule has 0 spiro atoms. The van der Waals surface area contributed by atoms with Gasteiger partial charge in [-0.25, -0.2) is 0 Å². The smallest absolute Gasteiger partial charge is 0.258 e. The van der Waals surface area contributed by atoms with Crippen molar-refractivity contribution >= 4 is 17.3 Å². The molecule has 0 fully saturated rings. The van der Waals surface area contributed by atoms with E-state index in [-0.39, 0.29) is 0 Å². The fourth-order valence-corrected chi connectivity index (χ4v) is 2.09. The summed E-state index contributed by atoms with van der Waals surface area (Å²) >= 11 is 6.12. The molecule has 2 aromatic carbocycles. The number of nitrogens with zero attached hydrogens (tertiary/aromatic N) is 2. The number of rotatable bonds is 3. The molecule has 0 aliphatic heterocycles. The van der Waals surface area contributed by atoms with Crippen LogP contribution in [0.2, 0.25) is 5.02 Å². The first kappa shape index (κ1) is 12.7. The zero-order chi connectivity index (χ0) is 13.9. The SMILES string of the molecule is CNc1ccc(-c2nc(-c3ccccc3Cl)no2)cc1. The number of nitrogens with one attached hydrogen (secondary N) is 1. The predicted molar refractivity (Wildman–Crippen MR) is 79.7 cm³/mol. The van der Waals surface area contributed by atoms with Gasteiger partial charge in [0.2, 0.25) is 5.82 Å². The normalized spacial score (nSPS) is 10.5. The molecule has 1 aromatic heterocycles. The topological polar surface area (TPSA) is 51.0 Å². The molecule has 1 heterocycles. The molecule has 5 heteroatoms. The van der Waals surface area contributed by atoms with E-state index >= 15 is 0 Å². The highest BCUT2D eigenvalue weighted by Gasteiger charge is 2.12. The van der Waals surface area contributed by atoms with Gasteiger partial charge in [-0.3, -0.25) is 0 Å². The van der Waals surface area contributed by atoms with Crippen molar-refractivity contribution in [1.29, 1.82) is 0 Å². The van der Waals surface area contributed by atoms with Crippen LogP contribution in [-0.4, -0.2) is 17.2 Å². The highest BCUT2D eigenvalue weighted by Crippen LogP contribution is 2.27. The first-order chi connectivity index (χ1) is 9.78. The number of hydrogen-bond acceptors (Lipinski definition) is 4. The van der Waals surface area contributed by atoms with Crippen molar-refractivity contribution in [3.05, 3.63) is 53.6 Å². The van der Waals surface area contributed by atoms with E-state index in [1.807, 2.05) is 49.5 Å². The Labute approximate surface area is 121 Å². The van der Waals surface area contributed by atoms with Crippen molar-refractivity contribution in [3.63, 3.8) is 0 Å². The van der Waals surface area contributed by atoms with Crippen LogP contribution in [0, 0.1) is 0 Å². The Hall–Kier alpha value is -2.33. The van der Waals surface area contributed by atoms with Gasteiger partial charge in [-0.2, -0.15) is 4.98 Å². The summed E-state index contributed by atoms with van der Waals surface area (Å²) in [5.74, 6) is 0.964. The average molecular weight is 286 g/mol. The van der Waals surface area contributed by atoms with E-state index in [1.165, 1.54) is 0 Å². The van der Waals surface area contributed by atoms with Gasteiger partial charge in [-0.15, -0.1) is 0 Å². The number of anilines is 1. The summed E-state index contributed by atoms with van der Waals surface area (Å²) in [4.78, 5) is 4.38. The molecule has 3 rings (SSSR count). The summed E-state index contributed by atoms with van der Waals surface area (Å²) in [6.07, 6.45) is 0. The predicted octanol–water partition coefficient (Wildman–Crippen LogP) is 4.10. The molecule has 3 aromatic rings. The third-order valence-corrected chi connectivity index (χ3v) is 3.29. The summed E-state index contributed by atoms with van der Waals surface area (Å²) in [6, 6.07) is 15.2. The maximum atomic E-state index is 6.12. The molecule has 0 saturated carbocycles. The molecule has 20 heavy (non-hydrogen) atoms. The lowest BCUT2D eigenvalue weighted by molar-refractivity contribution is 0.432. The van der Waals surface area contributed by atoms with Crippen molar-refractivity contribution in [2.45, 2.75) is 0 Å². The van der Waals surface area contributed by atoms with Crippen molar-refractivity contribution < 1.29 is 4.52 Å². The average Bonchev–Trinajstić information content (AvgIpc) is 2.97. The number of hydrogen-bond donors (Lipinski definition) is 1. The lowest BCUT2D eigenvalue weighted by atomic mass is 10.2. The van der Waals surface area contributed by atoms with Gasteiger partial charge in [0.15, 0.2) is 0 Å². The van der Waals surface area contributed by atoms with Crippen LogP contribution in [0.4, 0.5) is 5.69 Å². The van der Waals surface area contributed by atoms with Gasteiger partial charge in [0, 0.05) is 23.9 Å². The summed E-state index contributed by atoms with van der Waals surface area (Å²) < 4.78 is 5.29. The van der Waals surface area contributed by atoms with Crippen LogP contribution in [-0.2, 0) is 0 Å². The van der Waals surface area contributed by atoms with E-state index in [1.54, 1.807) is 6.07 Å². The van der Waals surface area contributed by atoms with Gasteiger partial charge in [-0.05, 0) is 36.4 Å². The lowest BCUT2D eigenvalue weighted by Crippen LogP contribution is -1.87. The molecule has 0 unspecified atom stereocenters. The second-order valence-electron chi connectivity index (χ2n) is 4.23.